The van der Waals surface area contributed by atoms with Crippen LogP contribution in [0.3, 0.4) is 0 Å². The lowest BCUT2D eigenvalue weighted by molar-refractivity contribution is 0.954. The molecule has 20 heavy (non-hydrogen) atoms. The lowest BCUT2D eigenvalue weighted by atomic mass is 10.1. The Balaban J connectivity index is 1.81. The number of benzene rings is 2. The van der Waals surface area contributed by atoms with Crippen molar-refractivity contribution < 1.29 is 0 Å². The smallest absolute Gasteiger partial charge is 0.206 e. The molecule has 3 rings (SSSR count). The molecule has 2 atom stereocenters. The molecule has 0 aliphatic carbocycles. The molecular weight excluding hydrogens is 354 g/mol. The van der Waals surface area contributed by atoms with E-state index in [-0.39, 0.29) is 3.66 Å². The summed E-state index contributed by atoms with van der Waals surface area (Å²) >= 11 is 12.1. The van der Waals surface area contributed by atoms with Crippen molar-refractivity contribution in [1.29, 1.82) is 0 Å². The summed E-state index contributed by atoms with van der Waals surface area (Å²) in [5, 5.41) is 0. The number of halogens is 2. The first-order chi connectivity index (χ1) is 9.60. The van der Waals surface area contributed by atoms with E-state index in [0.717, 1.165) is 12.0 Å². The first-order valence-electron chi connectivity index (χ1n) is 6.34. The van der Waals surface area contributed by atoms with Crippen LogP contribution in [-0.4, -0.2) is 9.87 Å². The number of aliphatic imine (C=N–C) groups is 1. The van der Waals surface area contributed by atoms with Crippen LogP contribution >= 0.6 is 39.3 Å². The Morgan fingerprint density at radius 3 is 2.25 bits per heavy atom. The van der Waals surface area contributed by atoms with Crippen LogP contribution in [0.1, 0.15) is 11.1 Å². The number of thioether (sulfide) groups is 1. The lowest BCUT2D eigenvalue weighted by Gasteiger charge is -2.24. The number of alkyl halides is 2. The number of nitrogens with zero attached hydrogens (tertiary/aromatic N) is 1. The summed E-state index contributed by atoms with van der Waals surface area (Å²) in [5.74, 6) is 0. The first kappa shape index (κ1) is 14.2. The molecule has 0 saturated carbocycles. The molecule has 1 nitrogen and oxygen atoms in total. The maximum absolute atomic E-state index is 6.68. The highest BCUT2D eigenvalue weighted by atomic mass is 79.9. The molecule has 0 radical (unpaired) electrons. The van der Waals surface area contributed by atoms with Gasteiger partial charge in [-0.3, -0.25) is 4.99 Å². The van der Waals surface area contributed by atoms with Crippen LogP contribution in [0.4, 0.5) is 0 Å². The molecule has 2 aromatic rings. The molecule has 0 fully saturated rings. The second-order valence-corrected chi connectivity index (χ2v) is 8.97. The number of hydrogen-bond donors (Lipinski definition) is 0. The standard InChI is InChI=1S/C16H13BrClNS/c17-15(11-13-7-3-1-4-8-13)12-19-16(18,20-15)14-9-5-2-6-10-14/h1-10,12H,11H2. The topological polar surface area (TPSA) is 12.4 Å². The molecule has 1 aliphatic rings. The van der Waals surface area contributed by atoms with E-state index in [1.807, 2.05) is 54.7 Å². The fraction of sp³-hybridized carbons (Fsp3) is 0.188. The van der Waals surface area contributed by atoms with Gasteiger partial charge < -0.3 is 0 Å². The maximum Gasteiger partial charge on any atom is 0.206 e. The van der Waals surface area contributed by atoms with Crippen molar-refractivity contribution in [2.75, 3.05) is 0 Å². The van der Waals surface area contributed by atoms with Crippen molar-refractivity contribution >= 4 is 45.5 Å². The third-order valence-corrected chi connectivity index (χ3v) is 5.86. The Bertz CT molecular complexity index is 619. The van der Waals surface area contributed by atoms with Crippen LogP contribution < -0.4 is 0 Å². The average molecular weight is 367 g/mol. The molecule has 1 heterocycles. The summed E-state index contributed by atoms with van der Waals surface area (Å²) in [4.78, 5) is 4.54. The Kier molecular flexibility index (Phi) is 3.93. The molecule has 0 amide bonds. The van der Waals surface area contributed by atoms with Gasteiger partial charge in [0, 0.05) is 18.2 Å². The van der Waals surface area contributed by atoms with Gasteiger partial charge in [0.1, 0.15) is 3.66 Å². The van der Waals surface area contributed by atoms with Crippen molar-refractivity contribution in [2.24, 2.45) is 4.99 Å². The van der Waals surface area contributed by atoms with E-state index in [0.29, 0.717) is 0 Å². The van der Waals surface area contributed by atoms with Gasteiger partial charge in [-0.25, -0.2) is 0 Å². The van der Waals surface area contributed by atoms with Gasteiger partial charge in [0.05, 0.1) is 0 Å². The first-order valence-corrected chi connectivity index (χ1v) is 8.32. The van der Waals surface area contributed by atoms with Gasteiger partial charge in [-0.1, -0.05) is 100.0 Å². The molecule has 4 heteroatoms. The Morgan fingerprint density at radius 1 is 1.00 bits per heavy atom. The van der Waals surface area contributed by atoms with Gasteiger partial charge in [0.15, 0.2) is 0 Å². The van der Waals surface area contributed by atoms with Crippen molar-refractivity contribution in [3.05, 3.63) is 71.8 Å². The summed E-state index contributed by atoms with van der Waals surface area (Å²) in [6, 6.07) is 20.3. The minimum Gasteiger partial charge on any atom is -0.257 e. The monoisotopic (exact) mass is 365 g/mol. The van der Waals surface area contributed by atoms with E-state index >= 15 is 0 Å². The summed E-state index contributed by atoms with van der Waals surface area (Å²) in [6.07, 6.45) is 2.77. The van der Waals surface area contributed by atoms with Crippen molar-refractivity contribution in [3.63, 3.8) is 0 Å². The zero-order valence-corrected chi connectivity index (χ0v) is 13.8. The van der Waals surface area contributed by atoms with Crippen LogP contribution in [0.2, 0.25) is 0 Å². The Labute approximate surface area is 136 Å². The average Bonchev–Trinajstić information content (AvgIpc) is 2.78. The van der Waals surface area contributed by atoms with Crippen molar-refractivity contribution in [1.82, 2.24) is 0 Å². The zero-order chi connectivity index (χ0) is 14.1. The molecule has 0 aromatic heterocycles. The van der Waals surface area contributed by atoms with Gasteiger partial charge in [0.25, 0.3) is 0 Å². The summed E-state index contributed by atoms with van der Waals surface area (Å²) < 4.78 is -0.995. The fourth-order valence-corrected chi connectivity index (χ4v) is 5.34. The third-order valence-electron chi connectivity index (χ3n) is 3.15. The predicted octanol–water partition coefficient (Wildman–Crippen LogP) is 5.19. The van der Waals surface area contributed by atoms with Crippen LogP contribution in [-0.2, 0) is 10.8 Å². The van der Waals surface area contributed by atoms with Gasteiger partial charge >= 0.3 is 0 Å². The maximum atomic E-state index is 6.68. The zero-order valence-electron chi connectivity index (χ0n) is 10.7. The van der Waals surface area contributed by atoms with Gasteiger partial charge in [0.2, 0.25) is 4.33 Å². The van der Waals surface area contributed by atoms with E-state index in [4.69, 9.17) is 11.6 Å². The summed E-state index contributed by atoms with van der Waals surface area (Å²) in [6.45, 7) is 0. The minimum atomic E-state index is -0.737. The molecule has 0 N–H and O–H groups in total. The SMILES string of the molecule is ClC1(c2ccccc2)N=CC(Br)(Cc2ccccc2)S1. The molecule has 0 bridgehead atoms. The molecule has 2 unspecified atom stereocenters. The van der Waals surface area contributed by atoms with E-state index in [2.05, 4.69) is 33.1 Å². The Morgan fingerprint density at radius 2 is 1.60 bits per heavy atom. The Hall–Kier alpha value is -0.770. The third kappa shape index (κ3) is 2.95. The largest absolute Gasteiger partial charge is 0.257 e. The molecule has 102 valence electrons. The quantitative estimate of drug-likeness (QED) is 0.538. The predicted molar refractivity (Wildman–Crippen MR) is 91.9 cm³/mol. The normalized spacial score (nSPS) is 28.7. The second-order valence-electron chi connectivity index (χ2n) is 4.74. The van der Waals surface area contributed by atoms with E-state index in [1.54, 1.807) is 11.8 Å². The summed E-state index contributed by atoms with van der Waals surface area (Å²) in [7, 11) is 0. The van der Waals surface area contributed by atoms with Crippen molar-refractivity contribution in [2.45, 2.75) is 14.4 Å². The van der Waals surface area contributed by atoms with E-state index < -0.39 is 4.33 Å². The van der Waals surface area contributed by atoms with Crippen molar-refractivity contribution in [3.8, 4) is 0 Å². The molecule has 2 aromatic carbocycles. The highest BCUT2D eigenvalue weighted by molar-refractivity contribution is 9.12. The fourth-order valence-electron chi connectivity index (χ4n) is 2.19. The molecular formula is C16H13BrClNS. The van der Waals surface area contributed by atoms with Gasteiger partial charge in [-0.15, -0.1) is 0 Å². The van der Waals surface area contributed by atoms with E-state index in [1.165, 1.54) is 5.56 Å². The van der Waals surface area contributed by atoms with Crippen LogP contribution in [0.15, 0.2) is 65.7 Å². The molecule has 0 spiro atoms. The van der Waals surface area contributed by atoms with Gasteiger partial charge in [-0.05, 0) is 5.56 Å². The van der Waals surface area contributed by atoms with E-state index in [9.17, 15) is 0 Å². The summed E-state index contributed by atoms with van der Waals surface area (Å²) in [5.41, 5.74) is 2.27. The minimum absolute atomic E-state index is 0.258. The number of hydrogen-bond acceptors (Lipinski definition) is 2. The van der Waals surface area contributed by atoms with Crippen LogP contribution in [0, 0.1) is 0 Å². The second kappa shape index (κ2) is 5.55. The molecule has 1 aliphatic heterocycles. The molecule has 0 saturated heterocycles. The highest BCUT2D eigenvalue weighted by Crippen LogP contribution is 2.55. The van der Waals surface area contributed by atoms with Crippen LogP contribution in [0.5, 0.6) is 0 Å². The van der Waals surface area contributed by atoms with Gasteiger partial charge in [-0.2, -0.15) is 0 Å². The number of rotatable bonds is 3. The highest BCUT2D eigenvalue weighted by Gasteiger charge is 2.44. The van der Waals surface area contributed by atoms with Crippen LogP contribution in [0.25, 0.3) is 0 Å². The lowest BCUT2D eigenvalue weighted by Crippen LogP contribution is -2.20.